The van der Waals surface area contributed by atoms with Crippen molar-refractivity contribution in [2.75, 3.05) is 25.1 Å². The lowest BCUT2D eigenvalue weighted by Crippen LogP contribution is -2.38. The Labute approximate surface area is 81.6 Å². The van der Waals surface area contributed by atoms with Crippen molar-refractivity contribution >= 4 is 20.8 Å². The van der Waals surface area contributed by atoms with Crippen LogP contribution in [0.15, 0.2) is 0 Å². The number of rotatable bonds is 6. The molecule has 0 heterocycles. The van der Waals surface area contributed by atoms with Crippen molar-refractivity contribution in [2.45, 2.75) is 12.2 Å². The average Bonchev–Trinajstić information content (AvgIpc) is 2.01. The maximum atomic E-state index is 11.3. The van der Waals surface area contributed by atoms with Gasteiger partial charge in [-0.05, 0) is 6.92 Å². The average molecular weight is 228 g/mol. The van der Waals surface area contributed by atoms with Crippen molar-refractivity contribution in [3.63, 3.8) is 0 Å². The van der Waals surface area contributed by atoms with Gasteiger partial charge in [-0.3, -0.25) is 4.21 Å². The number of nitrogens with two attached hydrogens (primary N) is 1. The summed E-state index contributed by atoms with van der Waals surface area (Å²) in [5, 5.41) is -0.599. The maximum absolute atomic E-state index is 11.3. The molecule has 0 aromatic heterocycles. The lowest BCUT2D eigenvalue weighted by molar-refractivity contribution is 0.571. The summed E-state index contributed by atoms with van der Waals surface area (Å²) in [6.07, 6.45) is 1.53. The Balaban J connectivity index is 3.97. The minimum atomic E-state index is -3.32. The van der Waals surface area contributed by atoms with Crippen LogP contribution in [0.2, 0.25) is 0 Å². The van der Waals surface area contributed by atoms with Gasteiger partial charge in [-0.15, -0.1) is 0 Å². The van der Waals surface area contributed by atoms with Gasteiger partial charge in [-0.25, -0.2) is 13.1 Å². The Morgan fingerprint density at radius 2 is 2.08 bits per heavy atom. The van der Waals surface area contributed by atoms with Gasteiger partial charge in [0.25, 0.3) is 0 Å². The van der Waals surface area contributed by atoms with Gasteiger partial charge in [0.15, 0.2) is 0 Å². The molecule has 13 heavy (non-hydrogen) atoms. The Kier molecular flexibility index (Phi) is 5.70. The molecular weight excluding hydrogens is 212 g/mol. The zero-order valence-electron chi connectivity index (χ0n) is 7.82. The first-order chi connectivity index (χ1) is 5.90. The quantitative estimate of drug-likeness (QED) is 0.587. The molecule has 0 rings (SSSR count). The molecule has 0 aliphatic heterocycles. The molecule has 80 valence electrons. The maximum Gasteiger partial charge on any atom is 0.215 e. The van der Waals surface area contributed by atoms with Gasteiger partial charge >= 0.3 is 0 Å². The summed E-state index contributed by atoms with van der Waals surface area (Å²) >= 11 is 0. The predicted molar refractivity (Wildman–Crippen MR) is 54.4 cm³/mol. The number of nitrogens with one attached hydrogen (secondary N) is 1. The Morgan fingerprint density at radius 1 is 1.54 bits per heavy atom. The molecule has 0 saturated heterocycles. The molecular formula is C6H16N2O3S2. The molecule has 0 aliphatic carbocycles. The summed E-state index contributed by atoms with van der Waals surface area (Å²) in [6.45, 7) is 1.82. The van der Waals surface area contributed by atoms with Gasteiger partial charge in [0, 0.05) is 35.9 Å². The standard InChI is InChI=1S/C6H16N2O3S2/c1-6(5-7)13(10,11)8-3-4-12(2)9/h6,8H,3-5,7H2,1-2H3. The zero-order valence-corrected chi connectivity index (χ0v) is 9.45. The van der Waals surface area contributed by atoms with E-state index in [9.17, 15) is 12.6 Å². The van der Waals surface area contributed by atoms with Crippen LogP contribution in [0.25, 0.3) is 0 Å². The van der Waals surface area contributed by atoms with E-state index in [0.717, 1.165) is 0 Å². The Morgan fingerprint density at radius 3 is 2.46 bits per heavy atom. The van der Waals surface area contributed by atoms with Crippen LogP contribution < -0.4 is 10.5 Å². The lowest BCUT2D eigenvalue weighted by Gasteiger charge is -2.10. The van der Waals surface area contributed by atoms with Gasteiger partial charge in [0.2, 0.25) is 10.0 Å². The highest BCUT2D eigenvalue weighted by molar-refractivity contribution is 7.90. The molecule has 0 spiro atoms. The van der Waals surface area contributed by atoms with Crippen molar-refractivity contribution in [1.82, 2.24) is 4.72 Å². The summed E-state index contributed by atoms with van der Waals surface area (Å²) in [6, 6.07) is 0. The number of hydrogen-bond acceptors (Lipinski definition) is 4. The highest BCUT2D eigenvalue weighted by Crippen LogP contribution is 1.94. The van der Waals surface area contributed by atoms with Gasteiger partial charge in [-0.2, -0.15) is 0 Å². The normalized spacial score (nSPS) is 16.8. The van der Waals surface area contributed by atoms with E-state index < -0.39 is 26.1 Å². The summed E-state index contributed by atoms with van der Waals surface area (Å²) in [7, 11) is -4.29. The largest absolute Gasteiger partial charge is 0.329 e. The zero-order chi connectivity index (χ0) is 10.5. The molecule has 0 bridgehead atoms. The van der Waals surface area contributed by atoms with Gasteiger partial charge in [0.05, 0.1) is 5.25 Å². The highest BCUT2D eigenvalue weighted by atomic mass is 32.2. The third kappa shape index (κ3) is 5.35. The van der Waals surface area contributed by atoms with Gasteiger partial charge in [0.1, 0.15) is 0 Å². The molecule has 5 nitrogen and oxygen atoms in total. The van der Waals surface area contributed by atoms with E-state index in [1.54, 1.807) is 0 Å². The molecule has 0 radical (unpaired) electrons. The van der Waals surface area contributed by atoms with E-state index in [1.807, 2.05) is 0 Å². The number of sulfonamides is 1. The summed E-state index contributed by atoms with van der Waals surface area (Å²) < 4.78 is 35.5. The molecule has 0 saturated carbocycles. The Hall–Kier alpha value is 0.0200. The van der Waals surface area contributed by atoms with Crippen LogP contribution in [0.5, 0.6) is 0 Å². The van der Waals surface area contributed by atoms with Crippen molar-refractivity contribution in [1.29, 1.82) is 0 Å². The highest BCUT2D eigenvalue weighted by Gasteiger charge is 2.17. The summed E-state index contributed by atoms with van der Waals surface area (Å²) in [4.78, 5) is 0. The molecule has 0 fully saturated rings. The predicted octanol–water partition coefficient (Wildman–Crippen LogP) is -1.37. The lowest BCUT2D eigenvalue weighted by atomic mass is 10.5. The minimum absolute atomic E-state index is 0.0878. The van der Waals surface area contributed by atoms with Crippen molar-refractivity contribution in [2.24, 2.45) is 5.73 Å². The van der Waals surface area contributed by atoms with Crippen LogP contribution in [0.1, 0.15) is 6.92 Å². The summed E-state index contributed by atoms with van der Waals surface area (Å²) in [5.74, 6) is 0.330. The second-order valence-corrected chi connectivity index (χ2v) is 6.50. The SMILES string of the molecule is CC(CN)S(=O)(=O)NCCS(C)=O. The molecule has 0 amide bonds. The first-order valence-corrected chi connectivity index (χ1v) is 7.16. The molecule has 2 atom stereocenters. The van der Waals surface area contributed by atoms with E-state index >= 15 is 0 Å². The van der Waals surface area contributed by atoms with E-state index in [1.165, 1.54) is 13.2 Å². The van der Waals surface area contributed by atoms with Gasteiger partial charge < -0.3 is 5.73 Å². The fraction of sp³-hybridized carbons (Fsp3) is 1.00. The molecule has 0 aliphatic rings. The molecule has 0 aromatic rings. The topological polar surface area (TPSA) is 89.3 Å². The first-order valence-electron chi connectivity index (χ1n) is 3.88. The van der Waals surface area contributed by atoms with Crippen molar-refractivity contribution in [3.8, 4) is 0 Å². The molecule has 7 heteroatoms. The third-order valence-electron chi connectivity index (χ3n) is 1.55. The van der Waals surface area contributed by atoms with Crippen LogP contribution in [0.4, 0.5) is 0 Å². The third-order valence-corrected chi connectivity index (χ3v) is 4.19. The van der Waals surface area contributed by atoms with Crippen LogP contribution in [0, 0.1) is 0 Å². The van der Waals surface area contributed by atoms with Crippen molar-refractivity contribution < 1.29 is 12.6 Å². The van der Waals surface area contributed by atoms with E-state index in [-0.39, 0.29) is 13.1 Å². The van der Waals surface area contributed by atoms with Crippen LogP contribution >= 0.6 is 0 Å². The molecule has 0 aromatic carbocycles. The van der Waals surface area contributed by atoms with Crippen LogP contribution in [0.3, 0.4) is 0 Å². The van der Waals surface area contributed by atoms with E-state index in [4.69, 9.17) is 5.73 Å². The number of hydrogen-bond donors (Lipinski definition) is 2. The fourth-order valence-corrected chi connectivity index (χ4v) is 2.04. The second kappa shape index (κ2) is 5.69. The van der Waals surface area contributed by atoms with Crippen LogP contribution in [-0.4, -0.2) is 43.0 Å². The van der Waals surface area contributed by atoms with E-state index in [0.29, 0.717) is 5.75 Å². The fourth-order valence-electron chi connectivity index (χ4n) is 0.597. The van der Waals surface area contributed by atoms with Crippen LogP contribution in [-0.2, 0) is 20.8 Å². The van der Waals surface area contributed by atoms with Gasteiger partial charge in [-0.1, -0.05) is 0 Å². The molecule has 2 unspecified atom stereocenters. The molecule has 3 N–H and O–H groups in total. The second-order valence-electron chi connectivity index (χ2n) is 2.76. The van der Waals surface area contributed by atoms with Crippen molar-refractivity contribution in [3.05, 3.63) is 0 Å². The first kappa shape index (κ1) is 13.0. The summed E-state index contributed by atoms with van der Waals surface area (Å²) in [5.41, 5.74) is 5.21. The Bertz CT molecular complexity index is 263. The monoisotopic (exact) mass is 228 g/mol. The smallest absolute Gasteiger partial charge is 0.215 e. The van der Waals surface area contributed by atoms with E-state index in [2.05, 4.69) is 4.72 Å². The minimum Gasteiger partial charge on any atom is -0.329 e.